The molecule has 6 nitrogen and oxygen atoms in total. The molecule has 1 heterocycles. The molecule has 1 fully saturated rings. The van der Waals surface area contributed by atoms with Crippen LogP contribution in [0.5, 0.6) is 17.2 Å². The summed E-state index contributed by atoms with van der Waals surface area (Å²) in [7, 11) is 2.98. The predicted octanol–water partition coefficient (Wildman–Crippen LogP) is 4.07. The first-order valence-electron chi connectivity index (χ1n) is 8.78. The first-order chi connectivity index (χ1) is 13.7. The van der Waals surface area contributed by atoms with Crippen LogP contribution < -0.4 is 14.8 Å². The van der Waals surface area contributed by atoms with Crippen molar-refractivity contribution < 1.29 is 32.2 Å². The fourth-order valence-corrected chi connectivity index (χ4v) is 3.05. The van der Waals surface area contributed by atoms with Gasteiger partial charge >= 0.3 is 6.18 Å². The number of alkyl halides is 3. The van der Waals surface area contributed by atoms with Crippen LogP contribution in [0.3, 0.4) is 0 Å². The predicted molar refractivity (Wildman–Crippen MR) is 98.9 cm³/mol. The van der Waals surface area contributed by atoms with Gasteiger partial charge in [0.05, 0.1) is 18.4 Å². The Labute approximate surface area is 165 Å². The van der Waals surface area contributed by atoms with Crippen LogP contribution in [0.4, 0.5) is 18.9 Å². The van der Waals surface area contributed by atoms with Crippen LogP contribution in [-0.4, -0.2) is 36.9 Å². The highest BCUT2D eigenvalue weighted by atomic mass is 19.4. The number of benzene rings is 2. The standard InChI is InChI=1S/C20H19F3N2O4/c1-25-16(7-9-18(25)26)19(27)24-15-11-14(6-8-17(15)28-2)29-13-5-3-4-12(10-13)20(21,22)23/h3-6,8,10-11,16H,7,9H2,1-2H3,(H,24,27). The number of likely N-dealkylation sites (tertiary alicyclic amines) is 1. The van der Waals surface area contributed by atoms with Gasteiger partial charge in [-0.05, 0) is 36.8 Å². The molecule has 1 unspecified atom stereocenters. The average Bonchev–Trinajstić information content (AvgIpc) is 3.00. The number of ether oxygens (including phenoxy) is 2. The molecular weight excluding hydrogens is 389 g/mol. The Kier molecular flexibility index (Phi) is 5.67. The highest BCUT2D eigenvalue weighted by molar-refractivity contribution is 5.99. The van der Waals surface area contributed by atoms with Crippen LogP contribution in [0.15, 0.2) is 42.5 Å². The van der Waals surface area contributed by atoms with Gasteiger partial charge in [-0.1, -0.05) is 6.07 Å². The van der Waals surface area contributed by atoms with Gasteiger partial charge in [-0.25, -0.2) is 0 Å². The Morgan fingerprint density at radius 2 is 1.90 bits per heavy atom. The molecule has 1 aliphatic rings. The van der Waals surface area contributed by atoms with E-state index in [2.05, 4.69) is 5.32 Å². The largest absolute Gasteiger partial charge is 0.495 e. The molecule has 1 N–H and O–H groups in total. The van der Waals surface area contributed by atoms with Crippen molar-refractivity contribution in [2.45, 2.75) is 25.1 Å². The first kappa shape index (κ1) is 20.5. The van der Waals surface area contributed by atoms with E-state index in [9.17, 15) is 22.8 Å². The van der Waals surface area contributed by atoms with Crippen LogP contribution in [0.1, 0.15) is 18.4 Å². The first-order valence-corrected chi connectivity index (χ1v) is 8.78. The van der Waals surface area contributed by atoms with E-state index < -0.39 is 17.8 Å². The summed E-state index contributed by atoms with van der Waals surface area (Å²) in [6.07, 6.45) is -3.78. The summed E-state index contributed by atoms with van der Waals surface area (Å²) >= 11 is 0. The van der Waals surface area contributed by atoms with Gasteiger partial charge in [-0.3, -0.25) is 9.59 Å². The van der Waals surface area contributed by atoms with Crippen molar-refractivity contribution in [3.05, 3.63) is 48.0 Å². The number of hydrogen-bond donors (Lipinski definition) is 1. The molecule has 29 heavy (non-hydrogen) atoms. The van der Waals surface area contributed by atoms with Crippen molar-refractivity contribution in [1.29, 1.82) is 0 Å². The van der Waals surface area contributed by atoms with Crippen LogP contribution in [0.2, 0.25) is 0 Å². The molecule has 0 aliphatic carbocycles. The van der Waals surface area contributed by atoms with E-state index in [1.54, 1.807) is 7.05 Å². The molecule has 154 valence electrons. The quantitative estimate of drug-likeness (QED) is 0.810. The van der Waals surface area contributed by atoms with E-state index in [-0.39, 0.29) is 29.0 Å². The number of halogens is 3. The summed E-state index contributed by atoms with van der Waals surface area (Å²) in [6, 6.07) is 8.39. The number of methoxy groups -OCH3 is 1. The Hall–Kier alpha value is -3.23. The van der Waals surface area contributed by atoms with Gasteiger partial charge < -0.3 is 19.7 Å². The monoisotopic (exact) mass is 408 g/mol. The van der Waals surface area contributed by atoms with E-state index in [0.29, 0.717) is 18.6 Å². The molecular formula is C20H19F3N2O4. The van der Waals surface area contributed by atoms with Crippen LogP contribution in [0, 0.1) is 0 Å². The Balaban J connectivity index is 1.80. The van der Waals surface area contributed by atoms with Crippen LogP contribution in [-0.2, 0) is 15.8 Å². The normalized spacial score (nSPS) is 16.7. The highest BCUT2D eigenvalue weighted by Gasteiger charge is 2.33. The lowest BCUT2D eigenvalue weighted by molar-refractivity contribution is -0.137. The molecule has 3 rings (SSSR count). The second-order valence-corrected chi connectivity index (χ2v) is 6.54. The zero-order chi connectivity index (χ0) is 21.2. The van der Waals surface area contributed by atoms with Crippen molar-refractivity contribution in [3.63, 3.8) is 0 Å². The minimum atomic E-state index is -4.48. The third-order valence-electron chi connectivity index (χ3n) is 4.62. The second kappa shape index (κ2) is 8.02. The summed E-state index contributed by atoms with van der Waals surface area (Å²) in [5, 5.41) is 2.70. The Morgan fingerprint density at radius 3 is 2.52 bits per heavy atom. The minimum Gasteiger partial charge on any atom is -0.495 e. The third kappa shape index (κ3) is 4.61. The number of amides is 2. The van der Waals surface area contributed by atoms with Gasteiger partial charge in [0, 0.05) is 19.5 Å². The fourth-order valence-electron chi connectivity index (χ4n) is 3.05. The maximum absolute atomic E-state index is 12.9. The van der Waals surface area contributed by atoms with Crippen LogP contribution in [0.25, 0.3) is 0 Å². The van der Waals surface area contributed by atoms with E-state index in [0.717, 1.165) is 12.1 Å². The molecule has 0 saturated carbocycles. The number of nitrogens with zero attached hydrogens (tertiary/aromatic N) is 1. The molecule has 9 heteroatoms. The number of hydrogen-bond acceptors (Lipinski definition) is 4. The Bertz CT molecular complexity index is 930. The van der Waals surface area contributed by atoms with E-state index in [4.69, 9.17) is 9.47 Å². The Morgan fingerprint density at radius 1 is 1.17 bits per heavy atom. The minimum absolute atomic E-state index is 0.00314. The maximum Gasteiger partial charge on any atom is 0.416 e. The molecule has 2 amide bonds. The van der Waals surface area contributed by atoms with E-state index in [1.165, 1.54) is 42.3 Å². The van der Waals surface area contributed by atoms with Crippen molar-refractivity contribution >= 4 is 17.5 Å². The number of nitrogens with one attached hydrogen (secondary N) is 1. The molecule has 0 bridgehead atoms. The maximum atomic E-state index is 12.9. The molecule has 1 aliphatic heterocycles. The lowest BCUT2D eigenvalue weighted by atomic mass is 10.2. The van der Waals surface area contributed by atoms with E-state index in [1.807, 2.05) is 0 Å². The zero-order valence-electron chi connectivity index (χ0n) is 15.7. The van der Waals surface area contributed by atoms with Crippen molar-refractivity contribution in [2.75, 3.05) is 19.5 Å². The number of rotatable bonds is 5. The average molecular weight is 408 g/mol. The smallest absolute Gasteiger partial charge is 0.416 e. The molecule has 0 radical (unpaired) electrons. The van der Waals surface area contributed by atoms with Crippen molar-refractivity contribution in [1.82, 2.24) is 4.90 Å². The molecule has 2 aromatic rings. The summed E-state index contributed by atoms with van der Waals surface area (Å²) in [5.74, 6) is 0.0769. The van der Waals surface area contributed by atoms with Crippen molar-refractivity contribution in [2.24, 2.45) is 0 Å². The molecule has 0 aromatic heterocycles. The summed E-state index contributed by atoms with van der Waals surface area (Å²) in [5.41, 5.74) is -0.541. The lowest BCUT2D eigenvalue weighted by Gasteiger charge is -2.20. The SMILES string of the molecule is COc1ccc(Oc2cccc(C(F)(F)F)c2)cc1NC(=O)C1CCC(=O)N1C. The van der Waals surface area contributed by atoms with E-state index >= 15 is 0 Å². The van der Waals surface area contributed by atoms with Gasteiger partial charge in [0.1, 0.15) is 23.3 Å². The summed E-state index contributed by atoms with van der Waals surface area (Å²) in [4.78, 5) is 25.6. The van der Waals surface area contributed by atoms with Gasteiger partial charge in [-0.2, -0.15) is 13.2 Å². The number of anilines is 1. The fraction of sp³-hybridized carbons (Fsp3) is 0.300. The number of carbonyl (C=O) groups excluding carboxylic acids is 2. The summed E-state index contributed by atoms with van der Waals surface area (Å²) < 4.78 is 49.4. The molecule has 1 atom stereocenters. The number of likely N-dealkylation sites (N-methyl/N-ethyl adjacent to an activating group) is 1. The van der Waals surface area contributed by atoms with Gasteiger partial charge in [0.2, 0.25) is 11.8 Å². The zero-order valence-corrected chi connectivity index (χ0v) is 15.7. The van der Waals surface area contributed by atoms with Crippen LogP contribution >= 0.6 is 0 Å². The highest BCUT2D eigenvalue weighted by Crippen LogP contribution is 2.35. The summed E-state index contributed by atoms with van der Waals surface area (Å²) in [6.45, 7) is 0. The molecule has 1 saturated heterocycles. The number of carbonyl (C=O) groups is 2. The molecule has 2 aromatic carbocycles. The topological polar surface area (TPSA) is 67.9 Å². The lowest BCUT2D eigenvalue weighted by Crippen LogP contribution is -2.38. The van der Waals surface area contributed by atoms with Gasteiger partial charge in [-0.15, -0.1) is 0 Å². The van der Waals surface area contributed by atoms with Gasteiger partial charge in [0.25, 0.3) is 0 Å². The van der Waals surface area contributed by atoms with Crippen molar-refractivity contribution in [3.8, 4) is 17.2 Å². The second-order valence-electron chi connectivity index (χ2n) is 6.54. The molecule has 0 spiro atoms. The third-order valence-corrected chi connectivity index (χ3v) is 4.62. The van der Waals surface area contributed by atoms with Gasteiger partial charge in [0.15, 0.2) is 0 Å².